The molecule has 0 aliphatic rings. The quantitative estimate of drug-likeness (QED) is 0.160. The average molecular weight is 437 g/mol. The summed E-state index contributed by atoms with van der Waals surface area (Å²) < 4.78 is 22.2. The number of benzene rings is 1. The largest absolute Gasteiger partial charge is 0.491 e. The van der Waals surface area contributed by atoms with Gasteiger partial charge in [0.15, 0.2) is 0 Å². The van der Waals surface area contributed by atoms with E-state index in [2.05, 4.69) is 6.92 Å². The van der Waals surface area contributed by atoms with Crippen LogP contribution in [0.4, 0.5) is 0 Å². The highest BCUT2D eigenvalue weighted by Crippen LogP contribution is 2.12. The van der Waals surface area contributed by atoms with Crippen LogP contribution in [0.25, 0.3) is 0 Å². The van der Waals surface area contributed by atoms with Crippen molar-refractivity contribution >= 4 is 0 Å². The van der Waals surface area contributed by atoms with Gasteiger partial charge in [0.05, 0.1) is 33.0 Å². The van der Waals surface area contributed by atoms with Crippen molar-refractivity contribution in [3.05, 3.63) is 30.3 Å². The molecule has 0 bridgehead atoms. The molecule has 0 spiro atoms. The molecule has 0 saturated heterocycles. The number of ether oxygens (including phenoxy) is 4. The molecule has 0 amide bonds. The van der Waals surface area contributed by atoms with E-state index in [1.807, 2.05) is 30.3 Å². The lowest BCUT2D eigenvalue weighted by Crippen LogP contribution is -2.12. The first-order valence-electron chi connectivity index (χ1n) is 12.8. The predicted molar refractivity (Wildman–Crippen MR) is 130 cm³/mol. The summed E-state index contributed by atoms with van der Waals surface area (Å²) in [5, 5.41) is 0. The maximum atomic E-state index is 5.64. The lowest BCUT2D eigenvalue weighted by molar-refractivity contribution is 0.00878. The summed E-state index contributed by atoms with van der Waals surface area (Å²) >= 11 is 0. The molecular weight excluding hydrogens is 388 g/mol. The molecule has 1 aromatic rings. The van der Waals surface area contributed by atoms with Crippen LogP contribution in [0.15, 0.2) is 30.3 Å². The topological polar surface area (TPSA) is 36.9 Å². The second kappa shape index (κ2) is 23.6. The normalized spacial score (nSPS) is 11.1. The number of hydrogen-bond acceptors (Lipinski definition) is 4. The number of unbranched alkanes of at least 4 members (excludes halogenated alkanes) is 12. The van der Waals surface area contributed by atoms with Gasteiger partial charge in [0.1, 0.15) is 12.4 Å². The third-order valence-electron chi connectivity index (χ3n) is 5.38. The van der Waals surface area contributed by atoms with E-state index < -0.39 is 0 Å². The van der Waals surface area contributed by atoms with E-state index in [0.717, 1.165) is 12.4 Å². The molecule has 0 aromatic heterocycles. The summed E-state index contributed by atoms with van der Waals surface area (Å²) in [6.07, 6.45) is 18.0. The highest BCUT2D eigenvalue weighted by atomic mass is 16.6. The first kappa shape index (κ1) is 27.9. The van der Waals surface area contributed by atoms with Crippen LogP contribution in [-0.4, -0.2) is 46.2 Å². The highest BCUT2D eigenvalue weighted by Gasteiger charge is 1.96. The molecule has 0 heterocycles. The van der Waals surface area contributed by atoms with Crippen LogP contribution in [0.3, 0.4) is 0 Å². The van der Waals surface area contributed by atoms with Crippen molar-refractivity contribution in [2.75, 3.05) is 46.2 Å². The molecule has 0 aliphatic heterocycles. The predicted octanol–water partition coefficient (Wildman–Crippen LogP) is 7.21. The fourth-order valence-corrected chi connectivity index (χ4v) is 3.50. The van der Waals surface area contributed by atoms with Gasteiger partial charge < -0.3 is 18.9 Å². The Morgan fingerprint density at radius 1 is 0.452 bits per heavy atom. The number of hydrogen-bond donors (Lipinski definition) is 0. The summed E-state index contributed by atoms with van der Waals surface area (Å²) in [4.78, 5) is 0. The van der Waals surface area contributed by atoms with Gasteiger partial charge in [-0.15, -0.1) is 0 Å². The molecule has 180 valence electrons. The molecule has 1 aromatic carbocycles. The van der Waals surface area contributed by atoms with Crippen molar-refractivity contribution in [2.24, 2.45) is 0 Å². The zero-order valence-electron chi connectivity index (χ0n) is 20.2. The lowest BCUT2D eigenvalue weighted by atomic mass is 10.0. The van der Waals surface area contributed by atoms with Crippen LogP contribution in [0.2, 0.25) is 0 Å². The summed E-state index contributed by atoms with van der Waals surface area (Å²) in [6, 6.07) is 9.79. The molecule has 0 fully saturated rings. The highest BCUT2D eigenvalue weighted by molar-refractivity contribution is 5.20. The standard InChI is InChI=1S/C27H48O4/c1-2-3-4-5-6-7-8-9-10-11-12-13-17-20-28-21-22-29-23-24-30-25-26-31-27-18-15-14-16-19-27/h14-16,18-19H,2-13,17,20-26H2,1H3. The SMILES string of the molecule is CCCCCCCCCCCCCCCOCCOCCOCCOc1ccccc1. The zero-order chi connectivity index (χ0) is 22.1. The van der Waals surface area contributed by atoms with Gasteiger partial charge in [0.2, 0.25) is 0 Å². The van der Waals surface area contributed by atoms with Gasteiger partial charge in [-0.05, 0) is 18.6 Å². The van der Waals surface area contributed by atoms with Gasteiger partial charge in [-0.3, -0.25) is 0 Å². The van der Waals surface area contributed by atoms with Gasteiger partial charge in [0.25, 0.3) is 0 Å². The lowest BCUT2D eigenvalue weighted by Gasteiger charge is -2.08. The second-order valence-electron chi connectivity index (χ2n) is 8.24. The molecule has 0 N–H and O–H groups in total. The van der Waals surface area contributed by atoms with Crippen molar-refractivity contribution in [3.8, 4) is 5.75 Å². The molecule has 4 heteroatoms. The third-order valence-corrected chi connectivity index (χ3v) is 5.38. The Kier molecular flexibility index (Phi) is 21.2. The number of rotatable bonds is 24. The molecule has 0 aliphatic carbocycles. The Balaban J connectivity index is 1.65. The zero-order valence-corrected chi connectivity index (χ0v) is 20.2. The molecule has 4 nitrogen and oxygen atoms in total. The maximum Gasteiger partial charge on any atom is 0.119 e. The Morgan fingerprint density at radius 3 is 1.39 bits per heavy atom. The van der Waals surface area contributed by atoms with Gasteiger partial charge in [-0.2, -0.15) is 0 Å². The Labute approximate surface area is 192 Å². The van der Waals surface area contributed by atoms with Crippen molar-refractivity contribution in [1.82, 2.24) is 0 Å². The fourth-order valence-electron chi connectivity index (χ4n) is 3.50. The van der Waals surface area contributed by atoms with E-state index in [0.29, 0.717) is 39.6 Å². The van der Waals surface area contributed by atoms with E-state index in [1.54, 1.807) is 0 Å². The molecule has 0 atom stereocenters. The van der Waals surface area contributed by atoms with E-state index in [4.69, 9.17) is 18.9 Å². The summed E-state index contributed by atoms with van der Waals surface area (Å²) in [5.74, 6) is 0.878. The first-order valence-corrected chi connectivity index (χ1v) is 12.8. The van der Waals surface area contributed by atoms with Crippen LogP contribution in [-0.2, 0) is 14.2 Å². The number of para-hydroxylation sites is 1. The van der Waals surface area contributed by atoms with E-state index in [9.17, 15) is 0 Å². The van der Waals surface area contributed by atoms with Crippen molar-refractivity contribution < 1.29 is 18.9 Å². The fraction of sp³-hybridized carbons (Fsp3) is 0.778. The van der Waals surface area contributed by atoms with Crippen LogP contribution >= 0.6 is 0 Å². The van der Waals surface area contributed by atoms with E-state index >= 15 is 0 Å². The molecule has 31 heavy (non-hydrogen) atoms. The third kappa shape index (κ3) is 20.6. The summed E-state index contributed by atoms with van der Waals surface area (Å²) in [7, 11) is 0. The molecule has 0 radical (unpaired) electrons. The first-order chi connectivity index (χ1) is 15.4. The van der Waals surface area contributed by atoms with E-state index in [-0.39, 0.29) is 0 Å². The average Bonchev–Trinajstić information content (AvgIpc) is 2.80. The van der Waals surface area contributed by atoms with Gasteiger partial charge in [-0.1, -0.05) is 102 Å². The van der Waals surface area contributed by atoms with Crippen LogP contribution < -0.4 is 4.74 Å². The summed E-state index contributed by atoms with van der Waals surface area (Å²) in [6.45, 7) is 6.79. The van der Waals surface area contributed by atoms with E-state index in [1.165, 1.54) is 83.5 Å². The molecule has 0 saturated carbocycles. The minimum atomic E-state index is 0.562. The van der Waals surface area contributed by atoms with Crippen molar-refractivity contribution in [3.63, 3.8) is 0 Å². The van der Waals surface area contributed by atoms with Gasteiger partial charge >= 0.3 is 0 Å². The van der Waals surface area contributed by atoms with Gasteiger partial charge in [-0.25, -0.2) is 0 Å². The maximum absolute atomic E-state index is 5.64. The summed E-state index contributed by atoms with van der Waals surface area (Å²) in [5.41, 5.74) is 0. The van der Waals surface area contributed by atoms with Gasteiger partial charge in [0, 0.05) is 6.61 Å². The Morgan fingerprint density at radius 2 is 0.871 bits per heavy atom. The minimum absolute atomic E-state index is 0.562. The molecule has 0 unspecified atom stereocenters. The Hall–Kier alpha value is -1.10. The van der Waals surface area contributed by atoms with Crippen molar-refractivity contribution in [1.29, 1.82) is 0 Å². The smallest absolute Gasteiger partial charge is 0.119 e. The molecular formula is C27H48O4. The molecule has 1 rings (SSSR count). The van der Waals surface area contributed by atoms with Crippen LogP contribution in [0, 0.1) is 0 Å². The minimum Gasteiger partial charge on any atom is -0.491 e. The Bertz CT molecular complexity index is 452. The second-order valence-corrected chi connectivity index (χ2v) is 8.24. The van der Waals surface area contributed by atoms with Crippen LogP contribution in [0.1, 0.15) is 90.4 Å². The van der Waals surface area contributed by atoms with Crippen LogP contribution in [0.5, 0.6) is 5.75 Å². The van der Waals surface area contributed by atoms with Crippen molar-refractivity contribution in [2.45, 2.75) is 90.4 Å². The monoisotopic (exact) mass is 436 g/mol.